The summed E-state index contributed by atoms with van der Waals surface area (Å²) in [7, 11) is 1.36. The minimum absolute atomic E-state index is 0.151. The Kier molecular flexibility index (Phi) is 5.47. The molecule has 0 unspecified atom stereocenters. The van der Waals surface area contributed by atoms with E-state index in [9.17, 15) is 22.4 Å². The Labute approximate surface area is 165 Å². The van der Waals surface area contributed by atoms with Crippen LogP contribution in [0.15, 0.2) is 30.3 Å². The van der Waals surface area contributed by atoms with Crippen LogP contribution in [0.4, 0.5) is 22.4 Å². The molecule has 156 valence electrons. The second-order valence-corrected chi connectivity index (χ2v) is 7.29. The Balaban J connectivity index is 2.27. The lowest BCUT2D eigenvalue weighted by Crippen LogP contribution is -2.24. The van der Waals surface area contributed by atoms with E-state index in [0.29, 0.717) is 16.7 Å². The van der Waals surface area contributed by atoms with Crippen LogP contribution in [0.5, 0.6) is 5.75 Å². The van der Waals surface area contributed by atoms with Gasteiger partial charge in [-0.05, 0) is 42.2 Å². The van der Waals surface area contributed by atoms with Gasteiger partial charge in [-0.15, -0.1) is 0 Å². The van der Waals surface area contributed by atoms with Gasteiger partial charge in [0, 0.05) is 17.2 Å². The first-order chi connectivity index (χ1) is 13.5. The summed E-state index contributed by atoms with van der Waals surface area (Å²) in [5.74, 6) is -0.434. The van der Waals surface area contributed by atoms with Gasteiger partial charge in [0.2, 0.25) is 0 Å². The highest BCUT2D eigenvalue weighted by atomic mass is 19.4. The highest BCUT2D eigenvalue weighted by Crippen LogP contribution is 2.43. The van der Waals surface area contributed by atoms with Crippen molar-refractivity contribution in [2.24, 2.45) is 0 Å². The van der Waals surface area contributed by atoms with Crippen molar-refractivity contribution in [2.75, 3.05) is 7.11 Å². The molecule has 8 heteroatoms. The first-order valence-corrected chi connectivity index (χ1v) is 9.09. The molecule has 1 aliphatic heterocycles. The molecule has 29 heavy (non-hydrogen) atoms. The second kappa shape index (κ2) is 7.57. The van der Waals surface area contributed by atoms with E-state index in [1.807, 2.05) is 13.8 Å². The van der Waals surface area contributed by atoms with Gasteiger partial charge in [-0.3, -0.25) is 0 Å². The molecule has 0 radical (unpaired) electrons. The molecule has 2 aromatic carbocycles. The third-order valence-electron chi connectivity index (χ3n) is 4.95. The van der Waals surface area contributed by atoms with Crippen LogP contribution in [0.1, 0.15) is 49.5 Å². The SMILES string of the molecule is COc1cc(F)c(C(C)C)cc1-c1ccc(C(F)(F)F)cc1[C@H]1OC(=O)N[C@@H]1C. The summed E-state index contributed by atoms with van der Waals surface area (Å²) in [6, 6.07) is 5.46. The number of alkyl carbamates (subject to hydrolysis) is 1. The first kappa shape index (κ1) is 21.0. The Hall–Kier alpha value is -2.77. The van der Waals surface area contributed by atoms with E-state index in [1.165, 1.54) is 19.2 Å². The van der Waals surface area contributed by atoms with Crippen LogP contribution in [-0.2, 0) is 10.9 Å². The fourth-order valence-corrected chi connectivity index (χ4v) is 3.46. The van der Waals surface area contributed by atoms with Crippen molar-refractivity contribution < 1.29 is 31.8 Å². The van der Waals surface area contributed by atoms with Gasteiger partial charge in [-0.25, -0.2) is 9.18 Å². The molecule has 1 heterocycles. The molecule has 1 fully saturated rings. The number of hydrogen-bond acceptors (Lipinski definition) is 3. The zero-order chi connectivity index (χ0) is 21.5. The molecule has 1 amide bonds. The molecule has 4 nitrogen and oxygen atoms in total. The topological polar surface area (TPSA) is 47.6 Å². The number of nitrogens with one attached hydrogen (secondary N) is 1. The van der Waals surface area contributed by atoms with Gasteiger partial charge >= 0.3 is 12.3 Å². The maximum absolute atomic E-state index is 14.4. The molecule has 1 N–H and O–H groups in total. The quantitative estimate of drug-likeness (QED) is 0.646. The number of benzene rings is 2. The van der Waals surface area contributed by atoms with Crippen molar-refractivity contribution in [3.8, 4) is 16.9 Å². The van der Waals surface area contributed by atoms with Crippen LogP contribution in [0, 0.1) is 5.82 Å². The van der Waals surface area contributed by atoms with Crippen molar-refractivity contribution in [1.29, 1.82) is 0 Å². The summed E-state index contributed by atoms with van der Waals surface area (Å²) in [6.07, 6.45) is -6.21. The van der Waals surface area contributed by atoms with Crippen molar-refractivity contribution in [1.82, 2.24) is 5.32 Å². The zero-order valence-corrected chi connectivity index (χ0v) is 16.4. The van der Waals surface area contributed by atoms with Crippen molar-refractivity contribution in [3.63, 3.8) is 0 Å². The van der Waals surface area contributed by atoms with E-state index < -0.39 is 35.8 Å². The molecule has 2 atom stereocenters. The van der Waals surface area contributed by atoms with Crippen LogP contribution in [-0.4, -0.2) is 19.2 Å². The molecule has 3 rings (SSSR count). The van der Waals surface area contributed by atoms with Crippen molar-refractivity contribution in [2.45, 2.75) is 45.0 Å². The maximum atomic E-state index is 14.4. The number of amides is 1. The molecule has 0 aliphatic carbocycles. The van der Waals surface area contributed by atoms with Crippen LogP contribution >= 0.6 is 0 Å². The molecule has 1 aliphatic rings. The molecule has 0 saturated carbocycles. The number of ether oxygens (including phenoxy) is 2. The number of methoxy groups -OCH3 is 1. The van der Waals surface area contributed by atoms with Gasteiger partial charge in [0.15, 0.2) is 0 Å². The number of halogens is 4. The lowest BCUT2D eigenvalue weighted by Gasteiger charge is -2.22. The lowest BCUT2D eigenvalue weighted by molar-refractivity contribution is -0.137. The van der Waals surface area contributed by atoms with Crippen LogP contribution in [0.2, 0.25) is 0 Å². The van der Waals surface area contributed by atoms with Crippen LogP contribution < -0.4 is 10.1 Å². The maximum Gasteiger partial charge on any atom is 0.416 e. The van der Waals surface area contributed by atoms with E-state index in [4.69, 9.17) is 9.47 Å². The van der Waals surface area contributed by atoms with Gasteiger partial charge < -0.3 is 14.8 Å². The second-order valence-electron chi connectivity index (χ2n) is 7.29. The molecule has 2 aromatic rings. The van der Waals surface area contributed by atoms with Gasteiger partial charge in [-0.1, -0.05) is 19.9 Å². The number of carbonyl (C=O) groups is 1. The zero-order valence-electron chi connectivity index (χ0n) is 16.4. The molecular formula is C21H21F4NO3. The van der Waals surface area contributed by atoms with Crippen molar-refractivity contribution >= 4 is 6.09 Å². The third kappa shape index (κ3) is 4.02. The van der Waals surface area contributed by atoms with Crippen molar-refractivity contribution in [3.05, 3.63) is 52.8 Å². The van der Waals surface area contributed by atoms with E-state index in [-0.39, 0.29) is 17.2 Å². The normalized spacial score (nSPS) is 19.3. The Morgan fingerprint density at radius 3 is 2.34 bits per heavy atom. The van der Waals surface area contributed by atoms with Gasteiger partial charge in [0.05, 0.1) is 18.7 Å². The predicted octanol–water partition coefficient (Wildman–Crippen LogP) is 5.81. The minimum atomic E-state index is -4.57. The summed E-state index contributed by atoms with van der Waals surface area (Å²) in [6.45, 7) is 5.27. The molecule has 0 spiro atoms. The predicted molar refractivity (Wildman–Crippen MR) is 99.3 cm³/mol. The van der Waals surface area contributed by atoms with Crippen LogP contribution in [0.3, 0.4) is 0 Å². The monoisotopic (exact) mass is 411 g/mol. The number of cyclic esters (lactones) is 1. The fraction of sp³-hybridized carbons (Fsp3) is 0.381. The van der Waals surface area contributed by atoms with Gasteiger partial charge in [-0.2, -0.15) is 13.2 Å². The third-order valence-corrected chi connectivity index (χ3v) is 4.95. The lowest BCUT2D eigenvalue weighted by atomic mass is 9.89. The van der Waals surface area contributed by atoms with Gasteiger partial charge in [0.1, 0.15) is 17.7 Å². The van der Waals surface area contributed by atoms with E-state index in [0.717, 1.165) is 12.1 Å². The Morgan fingerprint density at radius 2 is 1.83 bits per heavy atom. The largest absolute Gasteiger partial charge is 0.496 e. The average molecular weight is 411 g/mol. The summed E-state index contributed by atoms with van der Waals surface area (Å²) in [5.41, 5.74) is 0.518. The fourth-order valence-electron chi connectivity index (χ4n) is 3.46. The molecular weight excluding hydrogens is 390 g/mol. The molecule has 0 bridgehead atoms. The Bertz CT molecular complexity index is 940. The number of hydrogen-bond donors (Lipinski definition) is 1. The Morgan fingerprint density at radius 1 is 1.14 bits per heavy atom. The number of carbonyl (C=O) groups excluding carboxylic acids is 1. The summed E-state index contributed by atoms with van der Waals surface area (Å²) < 4.78 is 64.9. The van der Waals surface area contributed by atoms with Crippen LogP contribution in [0.25, 0.3) is 11.1 Å². The highest BCUT2D eigenvalue weighted by molar-refractivity contribution is 5.77. The summed E-state index contributed by atoms with van der Waals surface area (Å²) in [5, 5.41) is 2.54. The standard InChI is InChI=1S/C21H21F4NO3/c1-10(2)14-8-15(18(28-4)9-17(14)22)13-6-5-12(21(23,24)25)7-16(13)19-11(3)26-20(27)29-19/h5-11,19H,1-4H3,(H,26,27)/t11-,19+/m1/s1. The summed E-state index contributed by atoms with van der Waals surface area (Å²) in [4.78, 5) is 11.6. The van der Waals surface area contributed by atoms with E-state index in [1.54, 1.807) is 13.0 Å². The first-order valence-electron chi connectivity index (χ1n) is 9.09. The van der Waals surface area contributed by atoms with Gasteiger partial charge in [0.25, 0.3) is 0 Å². The number of alkyl halides is 3. The smallest absolute Gasteiger partial charge is 0.416 e. The summed E-state index contributed by atoms with van der Waals surface area (Å²) >= 11 is 0. The molecule has 1 saturated heterocycles. The van der Waals surface area contributed by atoms with E-state index in [2.05, 4.69) is 5.32 Å². The van der Waals surface area contributed by atoms with E-state index >= 15 is 0 Å². The minimum Gasteiger partial charge on any atom is -0.496 e. The average Bonchev–Trinajstić information content (AvgIpc) is 2.98. The molecule has 0 aromatic heterocycles. The number of rotatable bonds is 4. The highest BCUT2D eigenvalue weighted by Gasteiger charge is 2.37.